The molecule has 3 heterocycles. The molecule has 0 amide bonds. The Labute approximate surface area is 274 Å². The first-order valence-electron chi connectivity index (χ1n) is 16.1. The fraction of sp³-hybridized carbons (Fsp3) is 0. The van der Waals surface area contributed by atoms with Crippen LogP contribution in [0.25, 0.3) is 0 Å². The lowest BCUT2D eigenvalue weighted by molar-refractivity contribution is 0.477. The maximum Gasteiger partial charge on any atom is 0.252 e. The van der Waals surface area contributed by atoms with Crippen molar-refractivity contribution in [2.24, 2.45) is 0 Å². The number of para-hydroxylation sites is 6. The van der Waals surface area contributed by atoms with Gasteiger partial charge in [0, 0.05) is 39.8 Å². The zero-order chi connectivity index (χ0) is 30.9. The van der Waals surface area contributed by atoms with Gasteiger partial charge >= 0.3 is 0 Å². The second kappa shape index (κ2) is 10.2. The lowest BCUT2D eigenvalue weighted by atomic mass is 9.33. The summed E-state index contributed by atoms with van der Waals surface area (Å²) in [5.74, 6) is 1.76. The smallest absolute Gasteiger partial charge is 0.252 e. The summed E-state index contributed by atoms with van der Waals surface area (Å²) in [6.45, 7) is 0.0344. The number of ether oxygens (including phenoxy) is 1. The third-order valence-electron chi connectivity index (χ3n) is 9.59. The molecule has 0 bridgehead atoms. The Kier molecular flexibility index (Phi) is 5.63. The van der Waals surface area contributed by atoms with E-state index in [1.807, 2.05) is 6.07 Å². The molecule has 47 heavy (non-hydrogen) atoms. The average molecular weight is 602 g/mol. The molecular weight excluding hydrogens is 573 g/mol. The Bertz CT molecular complexity index is 2270. The maximum absolute atomic E-state index is 6.55. The lowest BCUT2D eigenvalue weighted by Crippen LogP contribution is -2.61. The Hall–Kier alpha value is -6.20. The first-order valence-corrected chi connectivity index (χ1v) is 16.1. The number of nitrogens with zero attached hydrogens (tertiary/aromatic N) is 3. The Morgan fingerprint density at radius 3 is 1.77 bits per heavy atom. The van der Waals surface area contributed by atoms with E-state index in [4.69, 9.17) is 4.74 Å². The van der Waals surface area contributed by atoms with E-state index in [0.29, 0.717) is 0 Å². The van der Waals surface area contributed by atoms with Gasteiger partial charge < -0.3 is 19.4 Å². The summed E-state index contributed by atoms with van der Waals surface area (Å²) in [5, 5.41) is 0. The molecule has 0 saturated carbocycles. The molecule has 0 atom stereocenters. The predicted octanol–water partition coefficient (Wildman–Crippen LogP) is 9.34. The van der Waals surface area contributed by atoms with Gasteiger partial charge in [-0.1, -0.05) is 91.0 Å². The van der Waals surface area contributed by atoms with E-state index in [9.17, 15) is 0 Å². The van der Waals surface area contributed by atoms with E-state index in [2.05, 4.69) is 178 Å². The third kappa shape index (κ3) is 3.83. The molecule has 0 aliphatic carbocycles. The molecule has 0 spiro atoms. The lowest BCUT2D eigenvalue weighted by Gasteiger charge is -2.46. The summed E-state index contributed by atoms with van der Waals surface area (Å²) in [6, 6.07) is 60.6. The van der Waals surface area contributed by atoms with Crippen molar-refractivity contribution in [2.75, 3.05) is 14.7 Å². The van der Waals surface area contributed by atoms with E-state index in [1.54, 1.807) is 0 Å². The summed E-state index contributed by atoms with van der Waals surface area (Å²) in [7, 11) is 0. The van der Waals surface area contributed by atoms with Crippen LogP contribution in [0.4, 0.5) is 51.2 Å². The van der Waals surface area contributed by atoms with Gasteiger partial charge in [0.05, 0.1) is 11.4 Å². The molecule has 0 saturated heterocycles. The monoisotopic (exact) mass is 601 g/mol. The largest absolute Gasteiger partial charge is 0.453 e. The summed E-state index contributed by atoms with van der Waals surface area (Å²) >= 11 is 0. The zero-order valence-corrected chi connectivity index (χ0v) is 25.5. The number of rotatable bonds is 4. The van der Waals surface area contributed by atoms with Crippen molar-refractivity contribution in [3.8, 4) is 11.5 Å². The van der Waals surface area contributed by atoms with E-state index >= 15 is 0 Å². The molecule has 5 heteroatoms. The standard InChI is InChI=1S/C42H28BN3O/c1-4-14-29(15-5-1)44(30-16-6-2-7-17-30)32-26-27-33-38(28-32)45(31-18-8-3-9-19-31)36-22-13-23-37-41(36)43(33)34-20-12-25-40-42(34)46(37)35-21-10-11-24-39(35)47-40/h1-28H. The van der Waals surface area contributed by atoms with Crippen LogP contribution in [0, 0.1) is 0 Å². The second-order valence-corrected chi connectivity index (χ2v) is 12.2. The molecule has 0 radical (unpaired) electrons. The van der Waals surface area contributed by atoms with Gasteiger partial charge in [-0.15, -0.1) is 0 Å². The first-order chi connectivity index (χ1) is 23.3. The van der Waals surface area contributed by atoms with Crippen molar-refractivity contribution >= 4 is 74.3 Å². The van der Waals surface area contributed by atoms with Crippen molar-refractivity contribution in [1.29, 1.82) is 0 Å². The molecule has 10 rings (SSSR count). The highest BCUT2D eigenvalue weighted by atomic mass is 16.5. The normalized spacial score (nSPS) is 13.1. The molecule has 3 aliphatic heterocycles. The number of benzene rings is 7. The van der Waals surface area contributed by atoms with E-state index in [1.165, 1.54) is 33.5 Å². The van der Waals surface area contributed by atoms with Crippen LogP contribution >= 0.6 is 0 Å². The minimum absolute atomic E-state index is 0.0344. The van der Waals surface area contributed by atoms with Crippen molar-refractivity contribution < 1.29 is 4.74 Å². The SMILES string of the molecule is c1ccc(N(c2ccccc2)c2ccc3c(c2)N(c2ccccc2)c2cccc4c2B3c2cccc3c2N4c2ccccc2O3)cc1. The van der Waals surface area contributed by atoms with Gasteiger partial charge in [0.1, 0.15) is 0 Å². The van der Waals surface area contributed by atoms with Gasteiger partial charge in [0.2, 0.25) is 0 Å². The molecule has 7 aromatic rings. The molecule has 0 N–H and O–H groups in total. The molecule has 0 fully saturated rings. The first kappa shape index (κ1) is 26.1. The molecule has 0 aromatic heterocycles. The van der Waals surface area contributed by atoms with Gasteiger partial charge in [-0.25, -0.2) is 0 Å². The van der Waals surface area contributed by atoms with E-state index in [-0.39, 0.29) is 6.71 Å². The summed E-state index contributed by atoms with van der Waals surface area (Å²) in [4.78, 5) is 7.20. The van der Waals surface area contributed by atoms with Gasteiger partial charge in [-0.3, -0.25) is 0 Å². The predicted molar refractivity (Wildman–Crippen MR) is 195 cm³/mol. The number of fused-ring (bicyclic) bond motifs is 6. The minimum Gasteiger partial charge on any atom is -0.453 e. The fourth-order valence-corrected chi connectivity index (χ4v) is 7.71. The van der Waals surface area contributed by atoms with E-state index < -0.39 is 0 Å². The topological polar surface area (TPSA) is 19.0 Å². The van der Waals surface area contributed by atoms with Crippen LogP contribution in [0.5, 0.6) is 11.5 Å². The average Bonchev–Trinajstić information content (AvgIpc) is 3.14. The minimum atomic E-state index is 0.0344. The Balaban J connectivity index is 1.25. The second-order valence-electron chi connectivity index (χ2n) is 12.2. The Morgan fingerprint density at radius 2 is 1.02 bits per heavy atom. The Morgan fingerprint density at radius 1 is 0.426 bits per heavy atom. The highest BCUT2D eigenvalue weighted by molar-refractivity contribution is 7.00. The van der Waals surface area contributed by atoms with Crippen LogP contribution in [0.2, 0.25) is 0 Å². The fourth-order valence-electron chi connectivity index (χ4n) is 7.71. The highest BCUT2D eigenvalue weighted by Gasteiger charge is 2.45. The highest BCUT2D eigenvalue weighted by Crippen LogP contribution is 2.52. The quantitative estimate of drug-likeness (QED) is 0.187. The zero-order valence-electron chi connectivity index (χ0n) is 25.5. The van der Waals surface area contributed by atoms with Crippen LogP contribution in [0.15, 0.2) is 170 Å². The van der Waals surface area contributed by atoms with Gasteiger partial charge in [0.25, 0.3) is 6.71 Å². The van der Waals surface area contributed by atoms with Crippen LogP contribution in [0.1, 0.15) is 0 Å². The third-order valence-corrected chi connectivity index (χ3v) is 9.59. The van der Waals surface area contributed by atoms with Crippen LogP contribution in [-0.2, 0) is 0 Å². The molecule has 3 aliphatic rings. The van der Waals surface area contributed by atoms with Crippen LogP contribution in [0.3, 0.4) is 0 Å². The van der Waals surface area contributed by atoms with Crippen molar-refractivity contribution in [2.45, 2.75) is 0 Å². The van der Waals surface area contributed by atoms with Crippen LogP contribution < -0.4 is 35.8 Å². The summed E-state index contributed by atoms with van der Waals surface area (Å²) in [5.41, 5.74) is 14.0. The van der Waals surface area contributed by atoms with Gasteiger partial charge in [-0.2, -0.15) is 0 Å². The summed E-state index contributed by atoms with van der Waals surface area (Å²) < 4.78 is 6.55. The molecule has 4 nitrogen and oxygen atoms in total. The molecular formula is C42H28BN3O. The number of anilines is 9. The van der Waals surface area contributed by atoms with Crippen molar-refractivity contribution in [1.82, 2.24) is 0 Å². The van der Waals surface area contributed by atoms with Crippen molar-refractivity contribution in [3.63, 3.8) is 0 Å². The van der Waals surface area contributed by atoms with Gasteiger partial charge in [0.15, 0.2) is 11.5 Å². The molecule has 220 valence electrons. The molecule has 0 unspecified atom stereocenters. The van der Waals surface area contributed by atoms with Crippen molar-refractivity contribution in [3.05, 3.63) is 170 Å². The number of hydrogen-bond donors (Lipinski definition) is 0. The van der Waals surface area contributed by atoms with Crippen LogP contribution in [-0.4, -0.2) is 6.71 Å². The maximum atomic E-state index is 6.55. The molecule has 7 aromatic carbocycles. The summed E-state index contributed by atoms with van der Waals surface area (Å²) in [6.07, 6.45) is 0. The number of hydrogen-bond acceptors (Lipinski definition) is 4. The van der Waals surface area contributed by atoms with E-state index in [0.717, 1.165) is 45.6 Å². The van der Waals surface area contributed by atoms with Gasteiger partial charge in [-0.05, 0) is 95.3 Å².